The van der Waals surface area contributed by atoms with Crippen LogP contribution in [0.25, 0.3) is 10.9 Å². The number of hydrogen-bond donors (Lipinski definition) is 2. The van der Waals surface area contributed by atoms with Crippen molar-refractivity contribution in [2.75, 3.05) is 4.72 Å². The minimum atomic E-state index is -5.00. The topological polar surface area (TPSA) is 84.1 Å². The molecule has 0 amide bonds. The van der Waals surface area contributed by atoms with Crippen LogP contribution in [0.3, 0.4) is 0 Å². The maximum Gasteiger partial charge on any atom is 0.573 e. The predicted octanol–water partition coefficient (Wildman–Crippen LogP) is 3.26. The molecular formula is C14H10F3N3O3S. The molecular weight excluding hydrogens is 347 g/mol. The maximum absolute atomic E-state index is 12.4. The van der Waals surface area contributed by atoms with E-state index in [0.29, 0.717) is 5.52 Å². The Hall–Kier alpha value is -2.75. The van der Waals surface area contributed by atoms with Crippen molar-refractivity contribution < 1.29 is 26.3 Å². The van der Waals surface area contributed by atoms with Gasteiger partial charge in [-0.25, -0.2) is 8.42 Å². The van der Waals surface area contributed by atoms with Crippen LogP contribution in [0, 0.1) is 0 Å². The predicted molar refractivity (Wildman–Crippen MR) is 80.0 cm³/mol. The number of benzene rings is 2. The van der Waals surface area contributed by atoms with Crippen LogP contribution in [0.5, 0.6) is 5.75 Å². The summed E-state index contributed by atoms with van der Waals surface area (Å²) in [5.41, 5.74) is 0.753. The first-order valence-corrected chi connectivity index (χ1v) is 8.04. The van der Waals surface area contributed by atoms with Crippen molar-refractivity contribution in [3.8, 4) is 5.75 Å². The van der Waals surface area contributed by atoms with Crippen LogP contribution < -0.4 is 9.46 Å². The quantitative estimate of drug-likeness (QED) is 0.751. The van der Waals surface area contributed by atoms with Crippen molar-refractivity contribution in [3.05, 3.63) is 48.7 Å². The van der Waals surface area contributed by atoms with E-state index in [1.165, 1.54) is 24.3 Å². The molecule has 6 nitrogen and oxygen atoms in total. The molecule has 0 spiro atoms. The van der Waals surface area contributed by atoms with Crippen molar-refractivity contribution in [2.24, 2.45) is 0 Å². The van der Waals surface area contributed by atoms with Crippen LogP contribution in [0.15, 0.2) is 53.6 Å². The van der Waals surface area contributed by atoms with Crippen LogP contribution in [-0.2, 0) is 10.0 Å². The standard InChI is InChI=1S/C14H10F3N3O3S/c15-14(16,17)23-12-3-1-2-4-13(12)24(21,22)20-10-6-5-9-8-18-19-11(9)7-10/h1-8,20H,(H,18,19). The summed E-state index contributed by atoms with van der Waals surface area (Å²) in [4.78, 5) is -0.618. The van der Waals surface area contributed by atoms with Gasteiger partial charge in [-0.05, 0) is 30.3 Å². The zero-order chi connectivity index (χ0) is 17.4. The van der Waals surface area contributed by atoms with Gasteiger partial charge in [0.05, 0.1) is 17.4 Å². The fourth-order valence-electron chi connectivity index (χ4n) is 2.09. The number of fused-ring (bicyclic) bond motifs is 1. The van der Waals surface area contributed by atoms with Crippen molar-refractivity contribution in [2.45, 2.75) is 11.3 Å². The van der Waals surface area contributed by atoms with Crippen LogP contribution >= 0.6 is 0 Å². The van der Waals surface area contributed by atoms with E-state index in [0.717, 1.165) is 17.5 Å². The van der Waals surface area contributed by atoms with Gasteiger partial charge >= 0.3 is 6.36 Å². The van der Waals surface area contributed by atoms with E-state index in [1.54, 1.807) is 12.3 Å². The van der Waals surface area contributed by atoms with E-state index >= 15 is 0 Å². The molecule has 0 aliphatic rings. The number of nitrogens with zero attached hydrogens (tertiary/aromatic N) is 1. The Morgan fingerprint density at radius 3 is 2.62 bits per heavy atom. The smallest absolute Gasteiger partial charge is 0.404 e. The van der Waals surface area contributed by atoms with Gasteiger partial charge in [-0.15, -0.1) is 13.2 Å². The largest absolute Gasteiger partial charge is 0.573 e. The molecule has 3 aromatic rings. The zero-order valence-electron chi connectivity index (χ0n) is 11.8. The van der Waals surface area contributed by atoms with E-state index in [4.69, 9.17) is 0 Å². The third-order valence-corrected chi connectivity index (χ3v) is 4.48. The monoisotopic (exact) mass is 357 g/mol. The fraction of sp³-hybridized carbons (Fsp3) is 0.0714. The molecule has 0 bridgehead atoms. The number of ether oxygens (including phenoxy) is 1. The Bertz CT molecular complexity index is 983. The van der Waals surface area contributed by atoms with E-state index in [9.17, 15) is 21.6 Å². The first kappa shape index (κ1) is 16.1. The number of anilines is 1. The number of rotatable bonds is 4. The number of nitrogens with one attached hydrogen (secondary N) is 2. The van der Waals surface area contributed by atoms with E-state index in [1.807, 2.05) is 0 Å². The van der Waals surface area contributed by atoms with Gasteiger partial charge in [0.15, 0.2) is 0 Å². The summed E-state index contributed by atoms with van der Waals surface area (Å²) in [5, 5.41) is 7.24. The van der Waals surface area contributed by atoms with Crippen molar-refractivity contribution in [1.82, 2.24) is 10.2 Å². The van der Waals surface area contributed by atoms with Crippen molar-refractivity contribution >= 4 is 26.6 Å². The highest BCUT2D eigenvalue weighted by Crippen LogP contribution is 2.30. The molecule has 10 heteroatoms. The van der Waals surface area contributed by atoms with Gasteiger partial charge in [-0.1, -0.05) is 12.1 Å². The fourth-order valence-corrected chi connectivity index (χ4v) is 3.27. The second kappa shape index (κ2) is 5.71. The summed E-state index contributed by atoms with van der Waals surface area (Å²) in [7, 11) is -4.28. The lowest BCUT2D eigenvalue weighted by Crippen LogP contribution is -2.20. The molecule has 0 unspecified atom stereocenters. The SMILES string of the molecule is O=S(=O)(Nc1ccc2cn[nH]c2c1)c1ccccc1OC(F)(F)F. The minimum absolute atomic E-state index is 0.175. The molecule has 1 aromatic heterocycles. The summed E-state index contributed by atoms with van der Waals surface area (Å²) >= 11 is 0. The maximum atomic E-state index is 12.4. The highest BCUT2D eigenvalue weighted by atomic mass is 32.2. The number of H-pyrrole nitrogens is 1. The number of aromatic nitrogens is 2. The third-order valence-electron chi connectivity index (χ3n) is 3.06. The highest BCUT2D eigenvalue weighted by molar-refractivity contribution is 7.92. The Morgan fingerprint density at radius 1 is 1.12 bits per heavy atom. The average molecular weight is 357 g/mol. The number of aromatic amines is 1. The highest BCUT2D eigenvalue weighted by Gasteiger charge is 2.34. The van der Waals surface area contributed by atoms with Gasteiger partial charge < -0.3 is 4.74 Å². The number of sulfonamides is 1. The lowest BCUT2D eigenvalue weighted by molar-refractivity contribution is -0.275. The van der Waals surface area contributed by atoms with Crippen molar-refractivity contribution in [3.63, 3.8) is 0 Å². The molecule has 0 saturated carbocycles. The first-order valence-electron chi connectivity index (χ1n) is 6.55. The molecule has 0 atom stereocenters. The van der Waals surface area contributed by atoms with Crippen LogP contribution in [-0.4, -0.2) is 25.0 Å². The molecule has 0 radical (unpaired) electrons. The van der Waals surface area contributed by atoms with E-state index < -0.39 is 27.0 Å². The summed E-state index contributed by atoms with van der Waals surface area (Å²) < 4.78 is 68.1. The second-order valence-electron chi connectivity index (χ2n) is 4.77. The Kier molecular flexibility index (Phi) is 3.84. The third kappa shape index (κ3) is 3.43. The number of hydrogen-bond acceptors (Lipinski definition) is 4. The van der Waals surface area contributed by atoms with Crippen LogP contribution in [0.2, 0.25) is 0 Å². The molecule has 0 fully saturated rings. The summed E-state index contributed by atoms with van der Waals surface area (Å²) in [6.45, 7) is 0. The molecule has 3 rings (SSSR count). The van der Waals surface area contributed by atoms with Crippen LogP contribution in [0.1, 0.15) is 0 Å². The van der Waals surface area contributed by atoms with E-state index in [2.05, 4.69) is 19.7 Å². The molecule has 1 heterocycles. The van der Waals surface area contributed by atoms with Gasteiger partial charge in [0.25, 0.3) is 10.0 Å². The lowest BCUT2D eigenvalue weighted by atomic mass is 10.2. The average Bonchev–Trinajstić information content (AvgIpc) is 2.93. The first-order chi connectivity index (χ1) is 11.2. The normalized spacial score (nSPS) is 12.3. The van der Waals surface area contributed by atoms with Gasteiger partial charge in [0.1, 0.15) is 10.6 Å². The van der Waals surface area contributed by atoms with Gasteiger partial charge in [0.2, 0.25) is 0 Å². The van der Waals surface area contributed by atoms with Gasteiger partial charge in [-0.2, -0.15) is 5.10 Å². The Morgan fingerprint density at radius 2 is 1.88 bits per heavy atom. The Balaban J connectivity index is 1.95. The molecule has 2 aromatic carbocycles. The van der Waals surface area contributed by atoms with Gasteiger partial charge in [0, 0.05) is 5.39 Å². The van der Waals surface area contributed by atoms with Gasteiger partial charge in [-0.3, -0.25) is 9.82 Å². The number of halogens is 3. The molecule has 2 N–H and O–H groups in total. The zero-order valence-corrected chi connectivity index (χ0v) is 12.6. The lowest BCUT2D eigenvalue weighted by Gasteiger charge is -2.14. The van der Waals surface area contributed by atoms with E-state index in [-0.39, 0.29) is 5.69 Å². The van der Waals surface area contributed by atoms with Crippen LogP contribution in [0.4, 0.5) is 18.9 Å². The summed E-state index contributed by atoms with van der Waals surface area (Å²) in [6, 6.07) is 9.08. The molecule has 0 aliphatic heterocycles. The summed E-state index contributed by atoms with van der Waals surface area (Å²) in [6.07, 6.45) is -3.44. The molecule has 24 heavy (non-hydrogen) atoms. The minimum Gasteiger partial charge on any atom is -0.404 e. The molecule has 0 saturated heterocycles. The van der Waals surface area contributed by atoms with Crippen molar-refractivity contribution in [1.29, 1.82) is 0 Å². The number of alkyl halides is 3. The molecule has 0 aliphatic carbocycles. The Labute approximate surface area is 134 Å². The number of para-hydroxylation sites is 1. The molecule has 126 valence electrons. The second-order valence-corrected chi connectivity index (χ2v) is 6.42. The summed E-state index contributed by atoms with van der Waals surface area (Å²) in [5.74, 6) is -0.805.